The lowest BCUT2D eigenvalue weighted by molar-refractivity contribution is 0.0765. The van der Waals surface area contributed by atoms with E-state index in [2.05, 4.69) is 12.3 Å². The summed E-state index contributed by atoms with van der Waals surface area (Å²) in [6, 6.07) is 5.63. The standard InChI is InChI=1S/C13H21N3O/c1-4-8-16(5-2)13(17)11-7-6-10(3)9-12(11)15-14/h6-7,9,15H,4-5,8,14H2,1-3H3. The molecule has 0 saturated heterocycles. The molecule has 0 atom stereocenters. The van der Waals surface area contributed by atoms with E-state index in [0.717, 1.165) is 18.5 Å². The molecule has 4 nitrogen and oxygen atoms in total. The number of nitrogen functional groups attached to an aromatic ring is 1. The van der Waals surface area contributed by atoms with Crippen LogP contribution < -0.4 is 11.3 Å². The Kier molecular flexibility index (Phi) is 4.97. The Morgan fingerprint density at radius 2 is 2.12 bits per heavy atom. The molecular weight excluding hydrogens is 214 g/mol. The minimum atomic E-state index is 0.0299. The predicted octanol–water partition coefficient (Wildman–Crippen LogP) is 2.15. The molecule has 0 heterocycles. The first-order valence-electron chi connectivity index (χ1n) is 6.00. The number of nitrogens with one attached hydrogen (secondary N) is 1. The van der Waals surface area contributed by atoms with Crippen molar-refractivity contribution >= 4 is 11.6 Å². The van der Waals surface area contributed by atoms with Gasteiger partial charge >= 0.3 is 0 Å². The SMILES string of the molecule is CCCN(CC)C(=O)c1ccc(C)cc1NN. The van der Waals surface area contributed by atoms with Gasteiger partial charge in [-0.25, -0.2) is 0 Å². The highest BCUT2D eigenvalue weighted by Crippen LogP contribution is 2.18. The molecule has 0 unspecified atom stereocenters. The first kappa shape index (κ1) is 13.5. The van der Waals surface area contributed by atoms with Crippen LogP contribution in [-0.2, 0) is 0 Å². The van der Waals surface area contributed by atoms with Crippen LogP contribution in [0.5, 0.6) is 0 Å². The number of nitrogens with two attached hydrogens (primary N) is 1. The van der Waals surface area contributed by atoms with Crippen molar-refractivity contribution in [1.82, 2.24) is 4.90 Å². The van der Waals surface area contributed by atoms with Gasteiger partial charge in [-0.05, 0) is 38.0 Å². The van der Waals surface area contributed by atoms with Crippen LogP contribution in [0, 0.1) is 6.92 Å². The van der Waals surface area contributed by atoms with Crippen molar-refractivity contribution in [3.63, 3.8) is 0 Å². The zero-order valence-electron chi connectivity index (χ0n) is 10.8. The van der Waals surface area contributed by atoms with E-state index in [1.807, 2.05) is 36.9 Å². The molecule has 3 N–H and O–H groups in total. The predicted molar refractivity (Wildman–Crippen MR) is 70.9 cm³/mol. The minimum Gasteiger partial charge on any atom is -0.339 e. The van der Waals surface area contributed by atoms with Crippen LogP contribution in [0.3, 0.4) is 0 Å². The Morgan fingerprint density at radius 1 is 1.41 bits per heavy atom. The second-order valence-electron chi connectivity index (χ2n) is 4.08. The van der Waals surface area contributed by atoms with Crippen LogP contribution in [-0.4, -0.2) is 23.9 Å². The molecule has 1 aromatic rings. The van der Waals surface area contributed by atoms with E-state index in [-0.39, 0.29) is 5.91 Å². The first-order chi connectivity index (χ1) is 8.13. The highest BCUT2D eigenvalue weighted by Gasteiger charge is 2.16. The number of nitrogens with zero attached hydrogens (tertiary/aromatic N) is 1. The number of hydrogen-bond donors (Lipinski definition) is 2. The lowest BCUT2D eigenvalue weighted by Crippen LogP contribution is -2.32. The number of carbonyl (C=O) groups excluding carboxylic acids is 1. The van der Waals surface area contributed by atoms with Gasteiger partial charge < -0.3 is 10.3 Å². The Morgan fingerprint density at radius 3 is 2.65 bits per heavy atom. The molecule has 0 aliphatic carbocycles. The number of aryl methyl sites for hydroxylation is 1. The molecular formula is C13H21N3O. The average Bonchev–Trinajstić information content (AvgIpc) is 2.34. The molecule has 4 heteroatoms. The number of rotatable bonds is 5. The zero-order valence-corrected chi connectivity index (χ0v) is 10.8. The van der Waals surface area contributed by atoms with Gasteiger partial charge in [0.1, 0.15) is 0 Å². The number of anilines is 1. The fourth-order valence-corrected chi connectivity index (χ4v) is 1.81. The second-order valence-corrected chi connectivity index (χ2v) is 4.08. The summed E-state index contributed by atoms with van der Waals surface area (Å²) in [6.07, 6.45) is 0.955. The molecule has 0 spiro atoms. The quantitative estimate of drug-likeness (QED) is 0.607. The third kappa shape index (κ3) is 3.20. The molecule has 0 aliphatic rings. The van der Waals surface area contributed by atoms with Crippen LogP contribution >= 0.6 is 0 Å². The fourth-order valence-electron chi connectivity index (χ4n) is 1.81. The molecule has 94 valence electrons. The smallest absolute Gasteiger partial charge is 0.255 e. The Balaban J connectivity index is 3.02. The van der Waals surface area contributed by atoms with Gasteiger partial charge in [-0.15, -0.1) is 0 Å². The Hall–Kier alpha value is -1.55. The molecule has 1 amide bonds. The summed E-state index contributed by atoms with van der Waals surface area (Å²) >= 11 is 0. The van der Waals surface area contributed by atoms with Gasteiger partial charge in [0.05, 0.1) is 11.3 Å². The summed E-state index contributed by atoms with van der Waals surface area (Å²) in [6.45, 7) is 7.50. The number of hydrazine groups is 1. The van der Waals surface area contributed by atoms with Crippen molar-refractivity contribution in [1.29, 1.82) is 0 Å². The molecule has 0 aromatic heterocycles. The number of amides is 1. The lowest BCUT2D eigenvalue weighted by atomic mass is 10.1. The third-order valence-corrected chi connectivity index (χ3v) is 2.72. The maximum absolute atomic E-state index is 12.3. The van der Waals surface area contributed by atoms with Crippen molar-refractivity contribution in [2.75, 3.05) is 18.5 Å². The number of carbonyl (C=O) groups is 1. The van der Waals surface area contributed by atoms with Crippen LogP contribution in [0.4, 0.5) is 5.69 Å². The highest BCUT2D eigenvalue weighted by molar-refractivity contribution is 5.99. The molecule has 0 saturated carbocycles. The summed E-state index contributed by atoms with van der Waals surface area (Å²) < 4.78 is 0. The fraction of sp³-hybridized carbons (Fsp3) is 0.462. The normalized spacial score (nSPS) is 10.1. The number of benzene rings is 1. The molecule has 0 fully saturated rings. The van der Waals surface area contributed by atoms with Crippen molar-refractivity contribution in [2.45, 2.75) is 27.2 Å². The van der Waals surface area contributed by atoms with Crippen molar-refractivity contribution < 1.29 is 4.79 Å². The van der Waals surface area contributed by atoms with E-state index in [1.54, 1.807) is 0 Å². The maximum atomic E-state index is 12.3. The molecule has 0 radical (unpaired) electrons. The molecule has 1 rings (SSSR count). The van der Waals surface area contributed by atoms with Crippen LogP contribution in [0.1, 0.15) is 36.2 Å². The summed E-state index contributed by atoms with van der Waals surface area (Å²) in [5.74, 6) is 5.48. The minimum absolute atomic E-state index is 0.0299. The van der Waals surface area contributed by atoms with Crippen LogP contribution in [0.15, 0.2) is 18.2 Å². The summed E-state index contributed by atoms with van der Waals surface area (Å²) in [4.78, 5) is 14.1. The summed E-state index contributed by atoms with van der Waals surface area (Å²) in [5, 5.41) is 0. The maximum Gasteiger partial charge on any atom is 0.255 e. The van der Waals surface area contributed by atoms with Gasteiger partial charge in [0.2, 0.25) is 0 Å². The lowest BCUT2D eigenvalue weighted by Gasteiger charge is -2.21. The van der Waals surface area contributed by atoms with Crippen molar-refractivity contribution in [3.8, 4) is 0 Å². The first-order valence-corrected chi connectivity index (χ1v) is 6.00. The van der Waals surface area contributed by atoms with E-state index in [1.165, 1.54) is 0 Å². The van der Waals surface area contributed by atoms with E-state index in [4.69, 9.17) is 5.84 Å². The highest BCUT2D eigenvalue weighted by atomic mass is 16.2. The monoisotopic (exact) mass is 235 g/mol. The van der Waals surface area contributed by atoms with Gasteiger partial charge in [0.25, 0.3) is 5.91 Å². The van der Waals surface area contributed by atoms with Gasteiger partial charge in [-0.2, -0.15) is 0 Å². The third-order valence-electron chi connectivity index (χ3n) is 2.72. The molecule has 0 aliphatic heterocycles. The molecule has 17 heavy (non-hydrogen) atoms. The average molecular weight is 235 g/mol. The topological polar surface area (TPSA) is 58.4 Å². The van der Waals surface area contributed by atoms with Gasteiger partial charge in [-0.3, -0.25) is 10.6 Å². The van der Waals surface area contributed by atoms with E-state index < -0.39 is 0 Å². The molecule has 1 aromatic carbocycles. The zero-order chi connectivity index (χ0) is 12.8. The Bertz CT molecular complexity index is 390. The van der Waals surface area contributed by atoms with Gasteiger partial charge in [-0.1, -0.05) is 13.0 Å². The molecule has 0 bridgehead atoms. The van der Waals surface area contributed by atoms with Gasteiger partial charge in [0, 0.05) is 13.1 Å². The van der Waals surface area contributed by atoms with E-state index in [9.17, 15) is 4.79 Å². The second kappa shape index (κ2) is 6.25. The van der Waals surface area contributed by atoms with Crippen molar-refractivity contribution in [3.05, 3.63) is 29.3 Å². The van der Waals surface area contributed by atoms with E-state index in [0.29, 0.717) is 17.8 Å². The largest absolute Gasteiger partial charge is 0.339 e. The van der Waals surface area contributed by atoms with E-state index >= 15 is 0 Å². The Labute approximate surface area is 103 Å². The number of hydrogen-bond acceptors (Lipinski definition) is 3. The summed E-state index contributed by atoms with van der Waals surface area (Å²) in [5.41, 5.74) is 4.99. The van der Waals surface area contributed by atoms with Gasteiger partial charge in [0.15, 0.2) is 0 Å². The van der Waals surface area contributed by atoms with Crippen LogP contribution in [0.2, 0.25) is 0 Å². The van der Waals surface area contributed by atoms with Crippen LogP contribution in [0.25, 0.3) is 0 Å². The summed E-state index contributed by atoms with van der Waals surface area (Å²) in [7, 11) is 0. The van der Waals surface area contributed by atoms with Crippen molar-refractivity contribution in [2.24, 2.45) is 5.84 Å².